The van der Waals surface area contributed by atoms with Gasteiger partial charge in [-0.05, 0) is 61.1 Å². The van der Waals surface area contributed by atoms with Crippen LogP contribution in [0.4, 0.5) is 18.9 Å². The number of fused-ring (bicyclic) bond motifs is 2. The van der Waals surface area contributed by atoms with Crippen LogP contribution in [0.1, 0.15) is 49.4 Å². The second-order valence-corrected chi connectivity index (χ2v) is 12.0. The number of anilines is 1. The predicted molar refractivity (Wildman–Crippen MR) is 120 cm³/mol. The summed E-state index contributed by atoms with van der Waals surface area (Å²) in [5, 5.41) is 10.7. The molecule has 0 spiro atoms. The largest absolute Gasteiger partial charge is 0.322 e. The second kappa shape index (κ2) is 8.90. The first-order valence-electron chi connectivity index (χ1n) is 10.8. The molecule has 1 amide bonds. The van der Waals surface area contributed by atoms with Gasteiger partial charge in [-0.1, -0.05) is 18.5 Å². The SMILES string of the molecule is CC1(CC#N)CC2CC[C@H](C1)C2S(=O)(=O)c1cc(C(=O)Nc2cc(F)c(F)c(F)c2)ccc1Cl. The number of carbonyl (C=O) groups is 1. The summed E-state index contributed by atoms with van der Waals surface area (Å²) in [6.07, 6.45) is 3.11. The van der Waals surface area contributed by atoms with Gasteiger partial charge >= 0.3 is 0 Å². The summed E-state index contributed by atoms with van der Waals surface area (Å²) in [5.41, 5.74) is -0.619. The van der Waals surface area contributed by atoms with Gasteiger partial charge in [0.2, 0.25) is 0 Å². The van der Waals surface area contributed by atoms with Crippen molar-refractivity contribution in [2.24, 2.45) is 17.3 Å². The zero-order valence-electron chi connectivity index (χ0n) is 18.2. The Morgan fingerprint density at radius 2 is 1.74 bits per heavy atom. The highest BCUT2D eigenvalue weighted by Crippen LogP contribution is 2.55. The molecule has 2 fully saturated rings. The lowest BCUT2D eigenvalue weighted by atomic mass is 9.68. The van der Waals surface area contributed by atoms with E-state index in [9.17, 15) is 26.4 Å². The van der Waals surface area contributed by atoms with Crippen molar-refractivity contribution in [2.75, 3.05) is 5.32 Å². The van der Waals surface area contributed by atoms with Gasteiger partial charge in [0, 0.05) is 29.8 Å². The van der Waals surface area contributed by atoms with Crippen LogP contribution < -0.4 is 5.32 Å². The van der Waals surface area contributed by atoms with E-state index in [4.69, 9.17) is 16.9 Å². The minimum absolute atomic E-state index is 0.0276. The molecular formula is C24H22ClF3N2O3S. The molecule has 2 aromatic rings. The van der Waals surface area contributed by atoms with Crippen LogP contribution >= 0.6 is 11.6 Å². The molecule has 180 valence electrons. The molecule has 4 rings (SSSR count). The van der Waals surface area contributed by atoms with Crippen molar-refractivity contribution >= 4 is 33.0 Å². The number of rotatable bonds is 5. The van der Waals surface area contributed by atoms with Crippen molar-refractivity contribution in [1.29, 1.82) is 5.26 Å². The molecule has 0 radical (unpaired) electrons. The third-order valence-corrected chi connectivity index (χ3v) is 9.83. The molecule has 34 heavy (non-hydrogen) atoms. The molecule has 2 aromatic carbocycles. The van der Waals surface area contributed by atoms with Crippen LogP contribution in [-0.2, 0) is 9.84 Å². The lowest BCUT2D eigenvalue weighted by Crippen LogP contribution is -2.41. The molecule has 2 aliphatic rings. The lowest BCUT2D eigenvalue weighted by molar-refractivity contribution is 0.102. The summed E-state index contributed by atoms with van der Waals surface area (Å²) >= 11 is 6.25. The van der Waals surface area contributed by atoms with Gasteiger partial charge in [-0.2, -0.15) is 5.26 Å². The summed E-state index contributed by atoms with van der Waals surface area (Å²) in [5.74, 6) is -5.64. The second-order valence-electron chi connectivity index (χ2n) is 9.51. The maximum absolute atomic E-state index is 13.7. The van der Waals surface area contributed by atoms with E-state index in [1.54, 1.807) is 0 Å². The Labute approximate surface area is 200 Å². The highest BCUT2D eigenvalue weighted by Gasteiger charge is 2.53. The van der Waals surface area contributed by atoms with Crippen LogP contribution in [0.3, 0.4) is 0 Å². The summed E-state index contributed by atoms with van der Waals surface area (Å²) < 4.78 is 67.5. The van der Waals surface area contributed by atoms with E-state index in [-0.39, 0.29) is 38.4 Å². The van der Waals surface area contributed by atoms with Crippen LogP contribution in [0, 0.1) is 46.0 Å². The molecule has 1 N–H and O–H groups in total. The Balaban J connectivity index is 1.62. The maximum Gasteiger partial charge on any atom is 0.255 e. The summed E-state index contributed by atoms with van der Waals surface area (Å²) in [4.78, 5) is 12.5. The quantitative estimate of drug-likeness (QED) is 0.508. The van der Waals surface area contributed by atoms with Crippen LogP contribution in [0.25, 0.3) is 0 Å². The monoisotopic (exact) mass is 510 g/mol. The van der Waals surface area contributed by atoms with Crippen molar-refractivity contribution in [3.63, 3.8) is 0 Å². The normalized spacial score (nSPS) is 26.2. The summed E-state index contributed by atoms with van der Waals surface area (Å²) in [6, 6.07) is 7.21. The molecule has 0 heterocycles. The molecule has 2 bridgehead atoms. The van der Waals surface area contributed by atoms with Crippen molar-refractivity contribution in [1.82, 2.24) is 0 Å². The Morgan fingerprint density at radius 1 is 1.15 bits per heavy atom. The van der Waals surface area contributed by atoms with Gasteiger partial charge in [0.1, 0.15) is 0 Å². The van der Waals surface area contributed by atoms with Crippen LogP contribution in [0.2, 0.25) is 5.02 Å². The van der Waals surface area contributed by atoms with E-state index in [2.05, 4.69) is 11.4 Å². The molecule has 4 atom stereocenters. The minimum Gasteiger partial charge on any atom is -0.322 e. The average molecular weight is 511 g/mol. The fourth-order valence-corrected chi connectivity index (χ4v) is 8.45. The van der Waals surface area contributed by atoms with E-state index in [1.807, 2.05) is 6.92 Å². The molecule has 0 aliphatic heterocycles. The van der Waals surface area contributed by atoms with Crippen molar-refractivity contribution in [3.05, 3.63) is 58.4 Å². The molecule has 2 saturated carbocycles. The third kappa shape index (κ3) is 4.41. The highest BCUT2D eigenvalue weighted by molar-refractivity contribution is 7.92. The van der Waals surface area contributed by atoms with E-state index in [0.29, 0.717) is 31.4 Å². The molecule has 10 heteroatoms. The van der Waals surface area contributed by atoms with Gasteiger partial charge in [-0.3, -0.25) is 4.79 Å². The predicted octanol–water partition coefficient (Wildman–Crippen LogP) is 5.89. The van der Waals surface area contributed by atoms with Gasteiger partial charge in [-0.15, -0.1) is 0 Å². The number of amides is 1. The molecular weight excluding hydrogens is 489 g/mol. The summed E-state index contributed by atoms with van der Waals surface area (Å²) in [7, 11) is -3.91. The fraction of sp³-hybridized carbons (Fsp3) is 0.417. The van der Waals surface area contributed by atoms with Crippen LogP contribution in [-0.4, -0.2) is 19.6 Å². The van der Waals surface area contributed by atoms with Crippen LogP contribution in [0.5, 0.6) is 0 Å². The van der Waals surface area contributed by atoms with E-state index < -0.39 is 38.4 Å². The third-order valence-electron chi connectivity index (χ3n) is 6.95. The van der Waals surface area contributed by atoms with Crippen molar-refractivity contribution < 1.29 is 26.4 Å². The lowest BCUT2D eigenvalue weighted by Gasteiger charge is -2.41. The topological polar surface area (TPSA) is 87.0 Å². The number of sulfone groups is 1. The molecule has 0 aromatic heterocycles. The highest BCUT2D eigenvalue weighted by atomic mass is 35.5. The zero-order chi connectivity index (χ0) is 24.8. The van der Waals surface area contributed by atoms with Gasteiger partial charge in [-0.25, -0.2) is 21.6 Å². The van der Waals surface area contributed by atoms with Gasteiger partial charge < -0.3 is 5.32 Å². The fourth-order valence-electron chi connectivity index (χ4n) is 5.61. The number of nitrogens with one attached hydrogen (secondary N) is 1. The first-order chi connectivity index (χ1) is 15.9. The summed E-state index contributed by atoms with van der Waals surface area (Å²) in [6.45, 7) is 2.02. The molecule has 2 aliphatic carbocycles. The number of halogens is 4. The van der Waals surface area contributed by atoms with E-state index in [0.717, 1.165) is 18.9 Å². The maximum atomic E-state index is 13.7. The molecule has 3 unspecified atom stereocenters. The van der Waals surface area contributed by atoms with Gasteiger partial charge in [0.15, 0.2) is 27.3 Å². The Bertz CT molecular complexity index is 1270. The Morgan fingerprint density at radius 3 is 2.29 bits per heavy atom. The average Bonchev–Trinajstić information content (AvgIpc) is 3.05. The number of hydrogen-bond acceptors (Lipinski definition) is 4. The Hall–Kier alpha value is -2.57. The van der Waals surface area contributed by atoms with Gasteiger partial charge in [0.25, 0.3) is 5.91 Å². The van der Waals surface area contributed by atoms with Crippen LogP contribution in [0.15, 0.2) is 35.2 Å². The van der Waals surface area contributed by atoms with Crippen molar-refractivity contribution in [3.8, 4) is 6.07 Å². The van der Waals surface area contributed by atoms with E-state index >= 15 is 0 Å². The first-order valence-corrected chi connectivity index (χ1v) is 12.7. The van der Waals surface area contributed by atoms with Gasteiger partial charge in [0.05, 0.1) is 21.2 Å². The molecule has 5 nitrogen and oxygen atoms in total. The molecule has 0 saturated heterocycles. The van der Waals surface area contributed by atoms with Crippen molar-refractivity contribution in [2.45, 2.75) is 49.2 Å². The number of carbonyl (C=O) groups excluding carboxylic acids is 1. The standard InChI is InChI=1S/C24H22ClF3N2O3S/c1-24(6-7-29)11-14-2-3-15(12-24)22(14)34(32,33)20-8-13(4-5-17(20)25)23(31)30-16-9-18(26)21(28)19(27)10-16/h4-5,8-10,14-15,22H,2-3,6,11-12H2,1H3,(H,30,31)/t14-,15?,22?,24?/m1/s1. The Kier molecular flexibility index (Phi) is 6.42. The zero-order valence-corrected chi connectivity index (χ0v) is 19.8. The first kappa shape index (κ1) is 24.6. The number of benzene rings is 2. The van der Waals surface area contributed by atoms with E-state index in [1.165, 1.54) is 12.1 Å². The smallest absolute Gasteiger partial charge is 0.255 e. The number of nitrogens with zero attached hydrogens (tertiary/aromatic N) is 1. The minimum atomic E-state index is -3.91. The number of nitriles is 1. The number of hydrogen-bond donors (Lipinski definition) is 1.